The molecule has 31 heavy (non-hydrogen) atoms. The lowest BCUT2D eigenvalue weighted by molar-refractivity contribution is -0.156. The van der Waals surface area contributed by atoms with E-state index in [1.54, 1.807) is 45.2 Å². The van der Waals surface area contributed by atoms with Crippen molar-refractivity contribution in [1.29, 1.82) is 0 Å². The quantitative estimate of drug-likeness (QED) is 0.372. The number of hydrogen-bond acceptors (Lipinski definition) is 4. The molecule has 0 aliphatic carbocycles. The number of anilines is 2. The molecule has 2 aromatic carbocycles. The molecule has 0 spiro atoms. The molecule has 12 heteroatoms. The second-order valence-electron chi connectivity index (χ2n) is 6.94. The number of amides is 2. The van der Waals surface area contributed by atoms with Gasteiger partial charge in [-0.2, -0.15) is 0 Å². The van der Waals surface area contributed by atoms with E-state index in [4.69, 9.17) is 9.47 Å². The third-order valence-electron chi connectivity index (χ3n) is 4.12. The first-order valence-corrected chi connectivity index (χ1v) is 10.8. The van der Waals surface area contributed by atoms with Gasteiger partial charge in [-0.3, -0.25) is 9.59 Å². The van der Waals surface area contributed by atoms with E-state index in [2.05, 4.69) is 0 Å². The SMILES string of the molecule is CC1(C)O[C@@H](C(=O)Nc2c(F)cc(I)cc2F)[C@H](C(=O)Nc2c(F)cc(I)cc2F)O1. The number of nitrogens with one attached hydrogen (secondary N) is 2. The van der Waals surface area contributed by atoms with E-state index in [9.17, 15) is 27.2 Å². The summed E-state index contributed by atoms with van der Waals surface area (Å²) in [6.07, 6.45) is -3.30. The summed E-state index contributed by atoms with van der Waals surface area (Å²) >= 11 is 3.40. The van der Waals surface area contributed by atoms with Gasteiger partial charge in [0.1, 0.15) is 11.4 Å². The van der Waals surface area contributed by atoms with Gasteiger partial charge >= 0.3 is 0 Å². The fourth-order valence-electron chi connectivity index (χ4n) is 2.86. The third-order valence-corrected chi connectivity index (χ3v) is 5.37. The second-order valence-corrected chi connectivity index (χ2v) is 9.44. The van der Waals surface area contributed by atoms with Crippen LogP contribution >= 0.6 is 45.2 Å². The lowest BCUT2D eigenvalue weighted by Crippen LogP contribution is -2.43. The Morgan fingerprint density at radius 1 is 0.774 bits per heavy atom. The van der Waals surface area contributed by atoms with Crippen LogP contribution in [0.1, 0.15) is 13.8 Å². The molecule has 166 valence electrons. The Balaban J connectivity index is 1.84. The Kier molecular flexibility index (Phi) is 7.12. The molecule has 6 nitrogen and oxygen atoms in total. The fraction of sp³-hybridized carbons (Fsp3) is 0.263. The predicted octanol–water partition coefficient (Wildman–Crippen LogP) is 4.55. The molecule has 1 aliphatic heterocycles. The van der Waals surface area contributed by atoms with Gasteiger partial charge in [-0.05, 0) is 83.3 Å². The lowest BCUT2D eigenvalue weighted by Gasteiger charge is -2.17. The topological polar surface area (TPSA) is 76.7 Å². The minimum Gasteiger partial charge on any atom is -0.334 e. The van der Waals surface area contributed by atoms with E-state index >= 15 is 0 Å². The van der Waals surface area contributed by atoms with Crippen LogP contribution in [0.2, 0.25) is 0 Å². The highest BCUT2D eigenvalue weighted by Crippen LogP contribution is 2.31. The highest BCUT2D eigenvalue weighted by atomic mass is 127. The molecule has 3 rings (SSSR count). The van der Waals surface area contributed by atoms with Crippen molar-refractivity contribution in [3.63, 3.8) is 0 Å². The number of carbonyl (C=O) groups excluding carboxylic acids is 2. The number of carbonyl (C=O) groups is 2. The van der Waals surface area contributed by atoms with Crippen molar-refractivity contribution in [3.05, 3.63) is 54.7 Å². The van der Waals surface area contributed by atoms with Crippen molar-refractivity contribution in [1.82, 2.24) is 0 Å². The van der Waals surface area contributed by atoms with Crippen molar-refractivity contribution in [2.24, 2.45) is 0 Å². The molecular weight excluding hydrogens is 650 g/mol. The van der Waals surface area contributed by atoms with E-state index in [1.807, 2.05) is 10.6 Å². The summed E-state index contributed by atoms with van der Waals surface area (Å²) in [5.41, 5.74) is -1.46. The average molecular weight is 664 g/mol. The lowest BCUT2D eigenvalue weighted by atomic mass is 10.1. The molecule has 2 N–H and O–H groups in total. The van der Waals surface area contributed by atoms with Gasteiger partial charge in [-0.1, -0.05) is 0 Å². The van der Waals surface area contributed by atoms with Crippen molar-refractivity contribution in [2.45, 2.75) is 31.8 Å². The summed E-state index contributed by atoms with van der Waals surface area (Å²) in [6.45, 7) is 2.80. The summed E-state index contributed by atoms with van der Waals surface area (Å²) in [5, 5.41) is 4.08. The van der Waals surface area contributed by atoms with Gasteiger partial charge in [0.05, 0.1) is 0 Å². The van der Waals surface area contributed by atoms with Crippen molar-refractivity contribution >= 4 is 68.4 Å². The standard InChI is InChI=1S/C19H14F4I2N2O4/c1-19(2)30-15(17(28)26-13-9(20)3-7(24)4-10(13)21)16(31-19)18(29)27-14-11(22)5-8(25)6-12(14)23/h3-6,15-16H,1-2H3,(H,26,28)(H,27,29)/t15-,16-/m1/s1. The summed E-state index contributed by atoms with van der Waals surface area (Å²) in [7, 11) is 0. The Hall–Kier alpha value is -1.52. The number of halogens is 6. The van der Waals surface area contributed by atoms with Crippen LogP contribution in [0, 0.1) is 30.4 Å². The van der Waals surface area contributed by atoms with Gasteiger partial charge in [0, 0.05) is 7.14 Å². The normalized spacial score (nSPS) is 19.9. The Bertz CT molecular complexity index is 940. The molecule has 1 fully saturated rings. The summed E-state index contributed by atoms with van der Waals surface area (Å²) in [6, 6.07) is 4.01. The molecule has 2 atom stereocenters. The number of rotatable bonds is 4. The zero-order valence-electron chi connectivity index (χ0n) is 15.9. The van der Waals surface area contributed by atoms with Crippen LogP contribution in [-0.2, 0) is 19.1 Å². The van der Waals surface area contributed by atoms with Crippen LogP contribution in [0.25, 0.3) is 0 Å². The van der Waals surface area contributed by atoms with Gasteiger partial charge < -0.3 is 20.1 Å². The second kappa shape index (κ2) is 9.15. The molecule has 0 saturated carbocycles. The molecular formula is C19H14F4I2N2O4. The van der Waals surface area contributed by atoms with Gasteiger partial charge in [0.15, 0.2) is 41.3 Å². The van der Waals surface area contributed by atoms with E-state index in [0.717, 1.165) is 24.3 Å². The van der Waals surface area contributed by atoms with Crippen LogP contribution in [0.3, 0.4) is 0 Å². The minimum absolute atomic E-state index is 0.269. The van der Waals surface area contributed by atoms with Crippen molar-refractivity contribution in [2.75, 3.05) is 10.6 Å². The first-order valence-electron chi connectivity index (χ1n) is 8.64. The highest BCUT2D eigenvalue weighted by molar-refractivity contribution is 14.1. The van der Waals surface area contributed by atoms with E-state index in [1.165, 1.54) is 13.8 Å². The predicted molar refractivity (Wildman–Crippen MR) is 119 cm³/mol. The highest BCUT2D eigenvalue weighted by Gasteiger charge is 2.49. The van der Waals surface area contributed by atoms with Crippen LogP contribution < -0.4 is 10.6 Å². The summed E-state index contributed by atoms with van der Waals surface area (Å²) < 4.78 is 67.7. The molecule has 0 unspecified atom stereocenters. The van der Waals surface area contributed by atoms with Crippen LogP contribution in [-0.4, -0.2) is 29.8 Å². The van der Waals surface area contributed by atoms with E-state index in [0.29, 0.717) is 0 Å². The largest absolute Gasteiger partial charge is 0.334 e. The Morgan fingerprint density at radius 3 is 1.35 bits per heavy atom. The number of ether oxygens (including phenoxy) is 2. The van der Waals surface area contributed by atoms with Gasteiger partial charge in [0.25, 0.3) is 11.8 Å². The summed E-state index contributed by atoms with van der Waals surface area (Å²) in [5.74, 6) is -7.70. The van der Waals surface area contributed by atoms with Crippen LogP contribution in [0.15, 0.2) is 24.3 Å². The van der Waals surface area contributed by atoms with Crippen LogP contribution in [0.5, 0.6) is 0 Å². The van der Waals surface area contributed by atoms with Gasteiger partial charge in [-0.15, -0.1) is 0 Å². The molecule has 1 saturated heterocycles. The third kappa shape index (κ3) is 5.46. The molecule has 0 bridgehead atoms. The first-order chi connectivity index (χ1) is 14.4. The maximum absolute atomic E-state index is 14.1. The van der Waals surface area contributed by atoms with E-state index < -0.39 is 64.5 Å². The summed E-state index contributed by atoms with van der Waals surface area (Å²) in [4.78, 5) is 25.3. The molecule has 1 heterocycles. The minimum atomic E-state index is -1.65. The number of benzene rings is 2. The monoisotopic (exact) mass is 664 g/mol. The maximum atomic E-state index is 14.1. The van der Waals surface area contributed by atoms with Crippen molar-refractivity contribution < 1.29 is 36.6 Å². The maximum Gasteiger partial charge on any atom is 0.257 e. The molecule has 2 aromatic rings. The average Bonchev–Trinajstić information content (AvgIpc) is 2.96. The fourth-order valence-corrected chi connectivity index (χ4v) is 3.95. The Morgan fingerprint density at radius 2 is 1.06 bits per heavy atom. The van der Waals surface area contributed by atoms with E-state index in [-0.39, 0.29) is 7.14 Å². The Labute approximate surface area is 201 Å². The van der Waals surface area contributed by atoms with Gasteiger partial charge in [-0.25, -0.2) is 17.6 Å². The first kappa shape index (κ1) is 24.1. The number of hydrogen-bond donors (Lipinski definition) is 2. The van der Waals surface area contributed by atoms with Gasteiger partial charge in [0.2, 0.25) is 0 Å². The zero-order valence-corrected chi connectivity index (χ0v) is 20.2. The van der Waals surface area contributed by atoms with Crippen LogP contribution in [0.4, 0.5) is 28.9 Å². The van der Waals surface area contributed by atoms with Crippen molar-refractivity contribution in [3.8, 4) is 0 Å². The molecule has 2 amide bonds. The molecule has 0 radical (unpaired) electrons. The zero-order chi connectivity index (χ0) is 23.1. The smallest absolute Gasteiger partial charge is 0.257 e. The molecule has 1 aliphatic rings. The molecule has 0 aromatic heterocycles.